The number of halogens is 2. The van der Waals surface area contributed by atoms with Crippen molar-refractivity contribution in [2.45, 2.75) is 6.92 Å². The summed E-state index contributed by atoms with van der Waals surface area (Å²) in [5.74, 6) is -2.67. The van der Waals surface area contributed by atoms with E-state index in [4.69, 9.17) is 0 Å². The van der Waals surface area contributed by atoms with Gasteiger partial charge in [0.25, 0.3) is 0 Å². The Bertz CT molecular complexity index is 454. The number of rotatable bonds is 2. The summed E-state index contributed by atoms with van der Waals surface area (Å²) >= 11 is 0. The van der Waals surface area contributed by atoms with E-state index in [1.807, 2.05) is 5.32 Å². The summed E-state index contributed by atoms with van der Waals surface area (Å²) in [4.78, 5) is 23.6. The predicted molar refractivity (Wildman–Crippen MR) is 48.4 cm³/mol. The Morgan fingerprint density at radius 1 is 1.47 bits per heavy atom. The lowest BCUT2D eigenvalue weighted by Crippen LogP contribution is -2.09. The van der Waals surface area contributed by atoms with Crippen molar-refractivity contribution in [3.05, 3.63) is 23.8 Å². The summed E-state index contributed by atoms with van der Waals surface area (Å²) in [6.45, 7) is 1.11. The van der Waals surface area contributed by atoms with Crippen LogP contribution in [0.1, 0.15) is 6.92 Å². The molecule has 0 unspecified atom stereocenters. The number of aliphatic imine (C=N–C) groups is 1. The van der Waals surface area contributed by atoms with Gasteiger partial charge in [0.1, 0.15) is 17.2 Å². The topological polar surface area (TPSA) is 58.5 Å². The third kappa shape index (κ3) is 2.45. The van der Waals surface area contributed by atoms with Gasteiger partial charge in [0, 0.05) is 6.92 Å². The molecule has 0 saturated carbocycles. The highest BCUT2D eigenvalue weighted by Gasteiger charge is 2.14. The monoisotopic (exact) mass is 212 g/mol. The van der Waals surface area contributed by atoms with Gasteiger partial charge in [-0.2, -0.15) is 4.99 Å². The first-order valence-corrected chi connectivity index (χ1v) is 3.89. The maximum absolute atomic E-state index is 13.4. The molecule has 15 heavy (non-hydrogen) atoms. The summed E-state index contributed by atoms with van der Waals surface area (Å²) in [5.41, 5.74) is -1.01. The van der Waals surface area contributed by atoms with Gasteiger partial charge in [0.2, 0.25) is 12.0 Å². The highest BCUT2D eigenvalue weighted by molar-refractivity contribution is 5.89. The van der Waals surface area contributed by atoms with E-state index in [0.29, 0.717) is 0 Å². The lowest BCUT2D eigenvalue weighted by atomic mass is 10.2. The highest BCUT2D eigenvalue weighted by Crippen LogP contribution is 2.27. The summed E-state index contributed by atoms with van der Waals surface area (Å²) in [7, 11) is 0. The van der Waals surface area contributed by atoms with E-state index in [1.165, 1.54) is 0 Å². The minimum atomic E-state index is -1.10. The van der Waals surface area contributed by atoms with Gasteiger partial charge in [-0.1, -0.05) is 0 Å². The highest BCUT2D eigenvalue weighted by atomic mass is 19.1. The number of hydrogen-bond acceptors (Lipinski definition) is 3. The molecule has 1 aromatic rings. The van der Waals surface area contributed by atoms with Gasteiger partial charge in [-0.25, -0.2) is 13.6 Å². The fraction of sp³-hybridized carbons (Fsp3) is 0.111. The van der Waals surface area contributed by atoms with Crippen molar-refractivity contribution < 1.29 is 18.4 Å². The first-order valence-electron chi connectivity index (χ1n) is 3.89. The maximum atomic E-state index is 13.4. The molecule has 1 N–H and O–H groups in total. The molecule has 78 valence electrons. The van der Waals surface area contributed by atoms with Gasteiger partial charge >= 0.3 is 0 Å². The zero-order valence-corrected chi connectivity index (χ0v) is 7.67. The second-order valence-corrected chi connectivity index (χ2v) is 2.64. The van der Waals surface area contributed by atoms with Crippen LogP contribution in [-0.2, 0) is 9.59 Å². The molecule has 0 fully saturated rings. The van der Waals surface area contributed by atoms with E-state index < -0.39 is 23.2 Å². The van der Waals surface area contributed by atoms with Crippen LogP contribution in [0.3, 0.4) is 0 Å². The summed E-state index contributed by atoms with van der Waals surface area (Å²) < 4.78 is 26.4. The summed E-state index contributed by atoms with van der Waals surface area (Å²) in [6, 6.07) is 1.87. The van der Waals surface area contributed by atoms with Gasteiger partial charge < -0.3 is 5.32 Å². The number of carbonyl (C=O) groups excluding carboxylic acids is 2. The van der Waals surface area contributed by atoms with Crippen molar-refractivity contribution in [2.75, 3.05) is 5.32 Å². The molecule has 0 radical (unpaired) electrons. The van der Waals surface area contributed by atoms with Crippen molar-refractivity contribution >= 4 is 23.4 Å². The summed E-state index contributed by atoms with van der Waals surface area (Å²) in [6.07, 6.45) is 1.12. The average Bonchev–Trinajstić information content (AvgIpc) is 2.17. The van der Waals surface area contributed by atoms with Crippen LogP contribution < -0.4 is 5.32 Å². The molecule has 4 nitrogen and oxygen atoms in total. The predicted octanol–water partition coefficient (Wildman–Crippen LogP) is 1.89. The molecule has 0 aliphatic heterocycles. The molecule has 1 rings (SSSR count). The van der Waals surface area contributed by atoms with E-state index >= 15 is 0 Å². The molecule has 0 atom stereocenters. The van der Waals surface area contributed by atoms with Gasteiger partial charge in [0.05, 0.1) is 0 Å². The van der Waals surface area contributed by atoms with Crippen LogP contribution in [0.15, 0.2) is 17.1 Å². The fourth-order valence-electron chi connectivity index (χ4n) is 0.968. The van der Waals surface area contributed by atoms with Crippen LogP contribution >= 0.6 is 0 Å². The number of anilines is 1. The zero-order valence-electron chi connectivity index (χ0n) is 7.67. The first kappa shape index (κ1) is 11.0. The van der Waals surface area contributed by atoms with Gasteiger partial charge in [-0.15, -0.1) is 0 Å². The maximum Gasteiger partial charge on any atom is 0.240 e. The third-order valence-corrected chi connectivity index (χ3v) is 1.54. The Morgan fingerprint density at radius 3 is 2.67 bits per heavy atom. The number of amides is 1. The largest absolute Gasteiger partial charge is 0.321 e. The van der Waals surface area contributed by atoms with Crippen LogP contribution in [-0.4, -0.2) is 12.0 Å². The minimum Gasteiger partial charge on any atom is -0.321 e. The third-order valence-electron chi connectivity index (χ3n) is 1.54. The molecule has 0 heterocycles. The standard InChI is InChI=1S/C9H6F2N2O2/c1-5(15)13-9-6(10)2-3-7(8(9)11)12-4-14/h2-3H,1H3,(H,13,15). The van der Waals surface area contributed by atoms with E-state index in [-0.39, 0.29) is 5.69 Å². The van der Waals surface area contributed by atoms with Crippen LogP contribution in [0.5, 0.6) is 0 Å². The lowest BCUT2D eigenvalue weighted by Gasteiger charge is -2.05. The van der Waals surface area contributed by atoms with Crippen molar-refractivity contribution in [1.29, 1.82) is 0 Å². The molecular formula is C9H6F2N2O2. The summed E-state index contributed by atoms with van der Waals surface area (Å²) in [5, 5.41) is 1.96. The minimum absolute atomic E-state index is 0.379. The SMILES string of the molecule is CC(=O)Nc1c(F)ccc(N=C=O)c1F. The van der Waals surface area contributed by atoms with Crippen molar-refractivity contribution in [2.24, 2.45) is 4.99 Å². The number of isocyanates is 1. The molecule has 1 aromatic carbocycles. The molecule has 0 saturated heterocycles. The number of benzene rings is 1. The van der Waals surface area contributed by atoms with E-state index in [9.17, 15) is 18.4 Å². The van der Waals surface area contributed by atoms with Crippen molar-refractivity contribution in [3.8, 4) is 0 Å². The van der Waals surface area contributed by atoms with E-state index in [0.717, 1.165) is 25.1 Å². The molecule has 0 aromatic heterocycles. The molecule has 0 aliphatic carbocycles. The van der Waals surface area contributed by atoms with Crippen molar-refractivity contribution in [1.82, 2.24) is 0 Å². The Hall–Kier alpha value is -2.07. The normalized spacial score (nSPS) is 9.27. The van der Waals surface area contributed by atoms with Crippen LogP contribution in [0, 0.1) is 11.6 Å². The van der Waals surface area contributed by atoms with Crippen LogP contribution in [0.4, 0.5) is 20.2 Å². The molecule has 0 bridgehead atoms. The Morgan fingerprint density at radius 2 is 2.13 bits per heavy atom. The second kappa shape index (κ2) is 4.43. The van der Waals surface area contributed by atoms with Crippen LogP contribution in [0.25, 0.3) is 0 Å². The van der Waals surface area contributed by atoms with Crippen molar-refractivity contribution in [3.63, 3.8) is 0 Å². The smallest absolute Gasteiger partial charge is 0.240 e. The number of hydrogen-bond donors (Lipinski definition) is 1. The lowest BCUT2D eigenvalue weighted by molar-refractivity contribution is -0.114. The van der Waals surface area contributed by atoms with Crippen LogP contribution in [0.2, 0.25) is 0 Å². The Labute approximate surface area is 83.6 Å². The Balaban J connectivity index is 3.29. The Kier molecular flexibility index (Phi) is 3.25. The number of nitrogens with zero attached hydrogens (tertiary/aromatic N) is 1. The number of carbonyl (C=O) groups is 1. The molecular weight excluding hydrogens is 206 g/mol. The molecule has 6 heteroatoms. The van der Waals surface area contributed by atoms with Gasteiger partial charge in [-0.05, 0) is 12.1 Å². The van der Waals surface area contributed by atoms with Gasteiger partial charge in [0.15, 0.2) is 5.82 Å². The zero-order chi connectivity index (χ0) is 11.4. The van der Waals surface area contributed by atoms with E-state index in [1.54, 1.807) is 0 Å². The second-order valence-electron chi connectivity index (χ2n) is 2.64. The average molecular weight is 212 g/mol. The quantitative estimate of drug-likeness (QED) is 0.601. The molecule has 0 aliphatic rings. The fourth-order valence-corrected chi connectivity index (χ4v) is 0.968. The first-order chi connectivity index (χ1) is 7.06. The molecule has 0 spiro atoms. The molecule has 1 amide bonds. The van der Waals surface area contributed by atoms with E-state index in [2.05, 4.69) is 4.99 Å². The van der Waals surface area contributed by atoms with Gasteiger partial charge in [-0.3, -0.25) is 4.79 Å². The number of nitrogens with one attached hydrogen (secondary N) is 1.